The molecule has 1 aliphatic carbocycles. The van der Waals surface area contributed by atoms with Crippen LogP contribution in [-0.4, -0.2) is 23.6 Å². The van der Waals surface area contributed by atoms with Gasteiger partial charge in [-0.3, -0.25) is 9.59 Å². The molecule has 0 aliphatic heterocycles. The average Bonchev–Trinajstić information content (AvgIpc) is 3.00. The third kappa shape index (κ3) is 3.22. The molecule has 0 radical (unpaired) electrons. The van der Waals surface area contributed by atoms with E-state index in [1.54, 1.807) is 30.2 Å². The van der Waals surface area contributed by atoms with E-state index in [0.717, 1.165) is 8.66 Å². The van der Waals surface area contributed by atoms with Gasteiger partial charge < -0.3 is 9.32 Å². The summed E-state index contributed by atoms with van der Waals surface area (Å²) in [5.41, 5.74) is 1.17. The van der Waals surface area contributed by atoms with Crippen molar-refractivity contribution < 1.29 is 14.0 Å². The molecule has 128 valence electrons. The number of halogens is 1. The second kappa shape index (κ2) is 6.15. The van der Waals surface area contributed by atoms with E-state index in [4.69, 9.17) is 4.42 Å². The molecule has 0 atom stereocenters. The monoisotopic (exact) mass is 409 g/mol. The van der Waals surface area contributed by atoms with Crippen LogP contribution in [0, 0.1) is 12.3 Å². The number of hydrogen-bond donors (Lipinski definition) is 0. The van der Waals surface area contributed by atoms with E-state index in [-0.39, 0.29) is 17.1 Å². The molecule has 2 aromatic heterocycles. The minimum Gasteiger partial charge on any atom is -0.455 e. The first kappa shape index (κ1) is 17.4. The maximum Gasteiger partial charge on any atom is 0.289 e. The first-order valence-corrected chi connectivity index (χ1v) is 9.44. The molecule has 0 saturated carbocycles. The molecule has 1 amide bonds. The average molecular weight is 410 g/mol. The zero-order valence-corrected chi connectivity index (χ0v) is 16.6. The highest BCUT2D eigenvalue weighted by Crippen LogP contribution is 2.38. The normalized spacial score (nSPS) is 16.1. The largest absolute Gasteiger partial charge is 0.455 e. The lowest BCUT2D eigenvalue weighted by Crippen LogP contribution is -2.26. The molecule has 0 aromatic carbocycles. The first-order chi connectivity index (χ1) is 11.2. The fourth-order valence-electron chi connectivity index (χ4n) is 3.20. The number of furan rings is 1. The van der Waals surface area contributed by atoms with Gasteiger partial charge in [-0.05, 0) is 40.4 Å². The fourth-order valence-corrected chi connectivity index (χ4v) is 4.74. The Kier molecular flexibility index (Phi) is 4.47. The van der Waals surface area contributed by atoms with Gasteiger partial charge in [0.25, 0.3) is 5.91 Å². The molecule has 0 N–H and O–H groups in total. The SMILES string of the molecule is Cc1c(C(=O)N(C)Cc2ccc(Br)s2)oc2c1C(=O)CC(C)(C)C2. The summed E-state index contributed by atoms with van der Waals surface area (Å²) in [5, 5.41) is 0. The summed E-state index contributed by atoms with van der Waals surface area (Å²) in [6.45, 7) is 6.42. The lowest BCUT2D eigenvalue weighted by atomic mass is 9.76. The summed E-state index contributed by atoms with van der Waals surface area (Å²) in [5.74, 6) is 0.844. The van der Waals surface area contributed by atoms with Gasteiger partial charge in [0, 0.05) is 30.3 Å². The van der Waals surface area contributed by atoms with E-state index in [1.165, 1.54) is 0 Å². The zero-order valence-electron chi connectivity index (χ0n) is 14.2. The minimum absolute atomic E-state index is 0.0754. The predicted octanol–water partition coefficient (Wildman–Crippen LogP) is 4.84. The summed E-state index contributed by atoms with van der Waals surface area (Å²) >= 11 is 5.03. The molecule has 0 spiro atoms. The molecule has 0 fully saturated rings. The number of nitrogens with zero attached hydrogens (tertiary/aromatic N) is 1. The molecule has 3 rings (SSSR count). The maximum atomic E-state index is 12.8. The van der Waals surface area contributed by atoms with Gasteiger partial charge >= 0.3 is 0 Å². The van der Waals surface area contributed by atoms with Gasteiger partial charge in [0.1, 0.15) is 5.76 Å². The lowest BCUT2D eigenvalue weighted by Gasteiger charge is -2.27. The van der Waals surface area contributed by atoms with E-state index in [0.29, 0.717) is 42.0 Å². The predicted molar refractivity (Wildman–Crippen MR) is 97.7 cm³/mol. The third-order valence-corrected chi connectivity index (χ3v) is 5.95. The molecule has 2 heterocycles. The molecular weight excluding hydrogens is 390 g/mol. The number of hydrogen-bond acceptors (Lipinski definition) is 4. The van der Waals surface area contributed by atoms with Crippen LogP contribution in [0.2, 0.25) is 0 Å². The van der Waals surface area contributed by atoms with Crippen LogP contribution in [-0.2, 0) is 13.0 Å². The van der Waals surface area contributed by atoms with Gasteiger partial charge in [-0.25, -0.2) is 0 Å². The quantitative estimate of drug-likeness (QED) is 0.728. The highest BCUT2D eigenvalue weighted by atomic mass is 79.9. The topological polar surface area (TPSA) is 50.5 Å². The Hall–Kier alpha value is -1.40. The minimum atomic E-state index is -0.183. The number of thiophene rings is 1. The van der Waals surface area contributed by atoms with Gasteiger partial charge in [-0.15, -0.1) is 11.3 Å². The van der Waals surface area contributed by atoms with E-state index in [9.17, 15) is 9.59 Å². The first-order valence-electron chi connectivity index (χ1n) is 7.83. The maximum absolute atomic E-state index is 12.8. The van der Waals surface area contributed by atoms with Crippen molar-refractivity contribution >= 4 is 39.0 Å². The lowest BCUT2D eigenvalue weighted by molar-refractivity contribution is 0.0748. The zero-order chi connectivity index (χ0) is 17.6. The highest BCUT2D eigenvalue weighted by Gasteiger charge is 2.37. The van der Waals surface area contributed by atoms with Crippen molar-refractivity contribution in [3.05, 3.63) is 43.4 Å². The number of fused-ring (bicyclic) bond motifs is 1. The second-order valence-electron chi connectivity index (χ2n) is 7.16. The summed E-state index contributed by atoms with van der Waals surface area (Å²) in [7, 11) is 1.75. The Morgan fingerprint density at radius 1 is 1.38 bits per heavy atom. The number of carbonyl (C=O) groups excluding carboxylic acids is 2. The van der Waals surface area contributed by atoms with E-state index >= 15 is 0 Å². The summed E-state index contributed by atoms with van der Waals surface area (Å²) in [6.07, 6.45) is 1.18. The van der Waals surface area contributed by atoms with Gasteiger partial charge in [0.15, 0.2) is 11.5 Å². The Bertz CT molecular complexity index is 818. The fraction of sp³-hybridized carbons (Fsp3) is 0.444. The Balaban J connectivity index is 1.87. The summed E-state index contributed by atoms with van der Waals surface area (Å²) in [4.78, 5) is 27.9. The molecule has 0 bridgehead atoms. The van der Waals surface area contributed by atoms with Crippen LogP contribution in [0.1, 0.15) is 57.4 Å². The number of amides is 1. The van der Waals surface area contributed by atoms with Crippen LogP contribution in [0.4, 0.5) is 0 Å². The number of carbonyl (C=O) groups is 2. The number of rotatable bonds is 3. The van der Waals surface area contributed by atoms with E-state index < -0.39 is 0 Å². The molecule has 0 unspecified atom stereocenters. The van der Waals surface area contributed by atoms with Crippen molar-refractivity contribution in [2.75, 3.05) is 7.05 Å². The smallest absolute Gasteiger partial charge is 0.289 e. The molecule has 24 heavy (non-hydrogen) atoms. The van der Waals surface area contributed by atoms with Crippen LogP contribution in [0.5, 0.6) is 0 Å². The van der Waals surface area contributed by atoms with Crippen molar-refractivity contribution in [2.45, 2.75) is 40.2 Å². The van der Waals surface area contributed by atoms with Gasteiger partial charge in [0.2, 0.25) is 0 Å². The highest BCUT2D eigenvalue weighted by molar-refractivity contribution is 9.11. The Morgan fingerprint density at radius 3 is 2.71 bits per heavy atom. The third-order valence-electron chi connectivity index (χ3n) is 4.34. The van der Waals surface area contributed by atoms with Crippen molar-refractivity contribution in [2.24, 2.45) is 5.41 Å². The van der Waals surface area contributed by atoms with E-state index in [2.05, 4.69) is 15.9 Å². The molecule has 2 aromatic rings. The van der Waals surface area contributed by atoms with Crippen molar-refractivity contribution in [3.63, 3.8) is 0 Å². The van der Waals surface area contributed by atoms with Crippen molar-refractivity contribution in [3.8, 4) is 0 Å². The van der Waals surface area contributed by atoms with Crippen LogP contribution >= 0.6 is 27.3 Å². The standard InChI is InChI=1S/C18H20BrNO3S/c1-10-15-12(21)7-18(2,3)8-13(15)23-16(10)17(22)20(4)9-11-5-6-14(19)24-11/h5-6H,7-9H2,1-4H3. The number of Topliss-reactive ketones (excluding diaryl/α,β-unsaturated/α-hetero) is 1. The van der Waals surface area contributed by atoms with Crippen LogP contribution in [0.25, 0.3) is 0 Å². The van der Waals surface area contributed by atoms with Crippen molar-refractivity contribution in [1.29, 1.82) is 0 Å². The van der Waals surface area contributed by atoms with Gasteiger partial charge in [-0.2, -0.15) is 0 Å². The molecule has 4 nitrogen and oxygen atoms in total. The molecular formula is C18H20BrNO3S. The van der Waals surface area contributed by atoms with Crippen LogP contribution in [0.15, 0.2) is 20.3 Å². The second-order valence-corrected chi connectivity index (χ2v) is 9.71. The van der Waals surface area contributed by atoms with Crippen molar-refractivity contribution in [1.82, 2.24) is 4.90 Å². The Labute approximate surface area is 154 Å². The Morgan fingerprint density at radius 2 is 2.08 bits per heavy atom. The molecule has 6 heteroatoms. The van der Waals surface area contributed by atoms with Crippen LogP contribution in [0.3, 0.4) is 0 Å². The molecule has 1 aliphatic rings. The van der Waals surface area contributed by atoms with E-state index in [1.807, 2.05) is 26.0 Å². The van der Waals surface area contributed by atoms with Gasteiger partial charge in [0.05, 0.1) is 15.9 Å². The molecule has 0 saturated heterocycles. The number of ketones is 1. The summed E-state index contributed by atoms with van der Waals surface area (Å²) < 4.78 is 6.89. The van der Waals surface area contributed by atoms with Crippen LogP contribution < -0.4 is 0 Å². The van der Waals surface area contributed by atoms with Gasteiger partial charge in [-0.1, -0.05) is 13.8 Å². The summed E-state index contributed by atoms with van der Waals surface area (Å²) in [6, 6.07) is 3.96.